The number of hydrogen-bond acceptors (Lipinski definition) is 6. The number of methoxy groups -OCH3 is 1. The highest BCUT2D eigenvalue weighted by Gasteiger charge is 2.20. The fourth-order valence-corrected chi connectivity index (χ4v) is 2.17. The number of amides is 1. The Balaban J connectivity index is 2.29. The van der Waals surface area contributed by atoms with Crippen molar-refractivity contribution in [1.29, 1.82) is 0 Å². The van der Waals surface area contributed by atoms with Crippen molar-refractivity contribution in [3.05, 3.63) is 33.7 Å². The lowest BCUT2D eigenvalue weighted by atomic mass is 10.2. The van der Waals surface area contributed by atoms with E-state index >= 15 is 0 Å². The van der Waals surface area contributed by atoms with Crippen LogP contribution in [0.1, 0.15) is 17.3 Å². The molecular weight excluding hydrogens is 270 g/mol. The van der Waals surface area contributed by atoms with Gasteiger partial charge in [-0.2, -0.15) is 0 Å². The Morgan fingerprint density at radius 1 is 1.53 bits per heavy atom. The van der Waals surface area contributed by atoms with Crippen LogP contribution in [0.4, 0.5) is 0 Å². The Morgan fingerprint density at radius 3 is 2.95 bits per heavy atom. The van der Waals surface area contributed by atoms with Crippen molar-refractivity contribution in [3.8, 4) is 0 Å². The number of fused-ring (bicyclic) bond motifs is 1. The Morgan fingerprint density at radius 2 is 2.26 bits per heavy atom. The number of rotatable bonds is 3. The molecule has 0 aliphatic carbocycles. The number of nitrogens with zero attached hydrogens (tertiary/aromatic N) is 2. The van der Waals surface area contributed by atoms with Crippen LogP contribution in [0.5, 0.6) is 0 Å². The first kappa shape index (κ1) is 13.2. The summed E-state index contributed by atoms with van der Waals surface area (Å²) >= 11 is 1.29. The van der Waals surface area contributed by atoms with E-state index in [1.807, 2.05) is 0 Å². The van der Waals surface area contributed by atoms with E-state index in [-0.39, 0.29) is 5.56 Å². The Bertz CT molecular complexity index is 691. The lowest BCUT2D eigenvalue weighted by Gasteiger charge is -2.10. The molecule has 1 amide bonds. The number of ether oxygens (including phenoxy) is 1. The molecular formula is C11H11N3O4S. The second-order valence-electron chi connectivity index (χ2n) is 3.75. The first-order valence-corrected chi connectivity index (χ1v) is 6.26. The molecule has 2 aromatic rings. The third-order valence-corrected chi connectivity index (χ3v) is 3.26. The minimum Gasteiger partial charge on any atom is -0.467 e. The summed E-state index contributed by atoms with van der Waals surface area (Å²) in [5.74, 6) is -1.24. The molecule has 0 saturated carbocycles. The molecule has 0 bridgehead atoms. The standard InChI is InChI=1S/C11H11N3O4S/c1-6(10(17)18-2)13-8(15)7-5-12-11-14(9(7)16)3-4-19-11/h3-6H,1-2H3,(H,13,15). The van der Waals surface area contributed by atoms with Crippen molar-refractivity contribution < 1.29 is 14.3 Å². The molecule has 1 unspecified atom stereocenters. The SMILES string of the molecule is COC(=O)C(C)NC(=O)c1cnc2sccn2c1=O. The van der Waals surface area contributed by atoms with E-state index in [2.05, 4.69) is 15.0 Å². The van der Waals surface area contributed by atoms with Crippen molar-refractivity contribution in [3.63, 3.8) is 0 Å². The molecule has 2 rings (SSSR count). The minimum atomic E-state index is -0.833. The van der Waals surface area contributed by atoms with Crippen LogP contribution in [0.25, 0.3) is 4.96 Å². The third kappa shape index (κ3) is 2.48. The van der Waals surface area contributed by atoms with Crippen LogP contribution in [0.2, 0.25) is 0 Å². The summed E-state index contributed by atoms with van der Waals surface area (Å²) in [5.41, 5.74) is -0.590. The number of aromatic nitrogens is 2. The van der Waals surface area contributed by atoms with Crippen molar-refractivity contribution in [1.82, 2.24) is 14.7 Å². The molecule has 7 nitrogen and oxygen atoms in total. The molecule has 100 valence electrons. The van der Waals surface area contributed by atoms with Gasteiger partial charge in [0.15, 0.2) is 4.96 Å². The number of carbonyl (C=O) groups is 2. The van der Waals surface area contributed by atoms with Gasteiger partial charge in [0.2, 0.25) is 0 Å². The van der Waals surface area contributed by atoms with E-state index in [0.29, 0.717) is 4.96 Å². The van der Waals surface area contributed by atoms with E-state index < -0.39 is 23.5 Å². The first-order valence-electron chi connectivity index (χ1n) is 5.38. The molecule has 0 aromatic carbocycles. The average molecular weight is 281 g/mol. The number of hydrogen-bond donors (Lipinski definition) is 1. The summed E-state index contributed by atoms with van der Waals surface area (Å²) in [6.45, 7) is 1.47. The van der Waals surface area contributed by atoms with Gasteiger partial charge in [-0.05, 0) is 6.92 Å². The second-order valence-corrected chi connectivity index (χ2v) is 4.62. The largest absolute Gasteiger partial charge is 0.467 e. The van der Waals surface area contributed by atoms with Crippen molar-refractivity contribution in [2.45, 2.75) is 13.0 Å². The van der Waals surface area contributed by atoms with Crippen LogP contribution in [-0.4, -0.2) is 34.4 Å². The first-order chi connectivity index (χ1) is 9.04. The van der Waals surface area contributed by atoms with Gasteiger partial charge >= 0.3 is 5.97 Å². The minimum absolute atomic E-state index is 0.119. The molecule has 0 aliphatic rings. The molecule has 0 radical (unpaired) electrons. The van der Waals surface area contributed by atoms with Gasteiger partial charge in [-0.15, -0.1) is 11.3 Å². The van der Waals surface area contributed by atoms with Crippen molar-refractivity contribution >= 4 is 28.2 Å². The number of thiazole rings is 1. The summed E-state index contributed by atoms with van der Waals surface area (Å²) in [6.07, 6.45) is 2.74. The summed E-state index contributed by atoms with van der Waals surface area (Å²) < 4.78 is 5.77. The van der Waals surface area contributed by atoms with Gasteiger partial charge < -0.3 is 10.1 Å². The molecule has 1 N–H and O–H groups in total. The predicted octanol–water partition coefficient (Wildman–Crippen LogP) is 0.0473. The Labute approximate surface area is 111 Å². The average Bonchev–Trinajstić information content (AvgIpc) is 2.87. The van der Waals surface area contributed by atoms with Gasteiger partial charge in [0.05, 0.1) is 7.11 Å². The van der Waals surface area contributed by atoms with Crippen LogP contribution < -0.4 is 10.9 Å². The van der Waals surface area contributed by atoms with Gasteiger partial charge in [-0.3, -0.25) is 14.0 Å². The zero-order chi connectivity index (χ0) is 14.0. The van der Waals surface area contributed by atoms with Crippen LogP contribution in [0, 0.1) is 0 Å². The van der Waals surface area contributed by atoms with E-state index in [9.17, 15) is 14.4 Å². The monoisotopic (exact) mass is 281 g/mol. The van der Waals surface area contributed by atoms with Gasteiger partial charge in [-0.1, -0.05) is 0 Å². The summed E-state index contributed by atoms with van der Waals surface area (Å²) in [4.78, 5) is 39.6. The van der Waals surface area contributed by atoms with Crippen LogP contribution in [-0.2, 0) is 9.53 Å². The smallest absolute Gasteiger partial charge is 0.328 e. The number of nitrogens with one attached hydrogen (secondary N) is 1. The number of carbonyl (C=O) groups excluding carboxylic acids is 2. The fraction of sp³-hybridized carbons (Fsp3) is 0.273. The highest BCUT2D eigenvalue weighted by molar-refractivity contribution is 7.15. The fourth-order valence-electron chi connectivity index (χ4n) is 1.49. The maximum atomic E-state index is 12.0. The third-order valence-electron chi connectivity index (χ3n) is 2.49. The molecule has 8 heteroatoms. The highest BCUT2D eigenvalue weighted by atomic mass is 32.1. The van der Waals surface area contributed by atoms with Gasteiger partial charge in [0.25, 0.3) is 11.5 Å². The normalized spacial score (nSPS) is 12.1. The van der Waals surface area contributed by atoms with Crippen LogP contribution in [0.15, 0.2) is 22.6 Å². The molecule has 2 heterocycles. The lowest BCUT2D eigenvalue weighted by molar-refractivity contribution is -0.142. The van der Waals surface area contributed by atoms with Gasteiger partial charge in [0.1, 0.15) is 11.6 Å². The van der Waals surface area contributed by atoms with E-state index in [0.717, 1.165) is 0 Å². The van der Waals surface area contributed by atoms with E-state index in [1.165, 1.54) is 42.2 Å². The second kappa shape index (κ2) is 5.19. The van der Waals surface area contributed by atoms with Gasteiger partial charge in [-0.25, -0.2) is 9.78 Å². The molecule has 0 saturated heterocycles. The summed E-state index contributed by atoms with van der Waals surface area (Å²) in [5, 5.41) is 4.08. The van der Waals surface area contributed by atoms with Crippen LogP contribution >= 0.6 is 11.3 Å². The zero-order valence-corrected chi connectivity index (χ0v) is 11.1. The van der Waals surface area contributed by atoms with Crippen molar-refractivity contribution in [2.24, 2.45) is 0 Å². The zero-order valence-electron chi connectivity index (χ0n) is 10.2. The molecule has 2 aromatic heterocycles. The quantitative estimate of drug-likeness (QED) is 0.803. The molecule has 0 fully saturated rings. The van der Waals surface area contributed by atoms with E-state index in [1.54, 1.807) is 5.38 Å². The maximum Gasteiger partial charge on any atom is 0.328 e. The maximum absolute atomic E-state index is 12.0. The summed E-state index contributed by atoms with van der Waals surface area (Å²) in [7, 11) is 1.22. The molecule has 0 aliphatic heterocycles. The van der Waals surface area contributed by atoms with E-state index in [4.69, 9.17) is 0 Å². The number of esters is 1. The summed E-state index contributed by atoms with van der Waals surface area (Å²) in [6, 6.07) is -0.833. The molecule has 0 spiro atoms. The van der Waals surface area contributed by atoms with Crippen LogP contribution in [0.3, 0.4) is 0 Å². The van der Waals surface area contributed by atoms with Crippen molar-refractivity contribution in [2.75, 3.05) is 7.11 Å². The van der Waals surface area contributed by atoms with Gasteiger partial charge in [0, 0.05) is 17.8 Å². The lowest BCUT2D eigenvalue weighted by Crippen LogP contribution is -2.41. The Kier molecular flexibility index (Phi) is 3.61. The highest BCUT2D eigenvalue weighted by Crippen LogP contribution is 2.05. The predicted molar refractivity (Wildman–Crippen MR) is 68.3 cm³/mol. The molecule has 1 atom stereocenters. The Hall–Kier alpha value is -2.22. The topological polar surface area (TPSA) is 89.8 Å². The molecule has 19 heavy (non-hydrogen) atoms.